The summed E-state index contributed by atoms with van der Waals surface area (Å²) in [4.78, 5) is 21.6. The number of nitrogens with one attached hydrogen (secondary N) is 1. The molecular weight excluding hydrogens is 172 g/mol. The molecule has 2 atom stereocenters. The Balaban J connectivity index is 3.68. The van der Waals surface area contributed by atoms with Crippen LogP contribution >= 0.6 is 0 Å². The molecular formula is C8H16N2O3. The molecule has 0 aliphatic rings. The SMILES string of the molecule is CC(O)CCC(=O)NC(C)C(N)=O. The van der Waals surface area contributed by atoms with Crippen molar-refractivity contribution in [1.82, 2.24) is 5.32 Å². The number of primary amides is 1. The summed E-state index contributed by atoms with van der Waals surface area (Å²) in [6.45, 7) is 3.12. The minimum atomic E-state index is -0.651. The van der Waals surface area contributed by atoms with Gasteiger partial charge in [0, 0.05) is 6.42 Å². The van der Waals surface area contributed by atoms with E-state index in [0.717, 1.165) is 0 Å². The van der Waals surface area contributed by atoms with Crippen molar-refractivity contribution < 1.29 is 14.7 Å². The number of nitrogens with two attached hydrogens (primary N) is 1. The van der Waals surface area contributed by atoms with Crippen molar-refractivity contribution in [3.05, 3.63) is 0 Å². The van der Waals surface area contributed by atoms with E-state index < -0.39 is 18.1 Å². The van der Waals surface area contributed by atoms with E-state index in [4.69, 9.17) is 10.8 Å². The van der Waals surface area contributed by atoms with Gasteiger partial charge in [0.15, 0.2) is 0 Å². The van der Waals surface area contributed by atoms with E-state index in [1.807, 2.05) is 0 Å². The number of carbonyl (C=O) groups excluding carboxylic acids is 2. The predicted octanol–water partition coefficient (Wildman–Crippen LogP) is -0.863. The van der Waals surface area contributed by atoms with Crippen LogP contribution in [-0.2, 0) is 9.59 Å². The van der Waals surface area contributed by atoms with Crippen LogP contribution in [0.1, 0.15) is 26.7 Å². The van der Waals surface area contributed by atoms with E-state index in [2.05, 4.69) is 5.32 Å². The first-order chi connectivity index (χ1) is 5.93. The minimum absolute atomic E-state index is 0.204. The fraction of sp³-hybridized carbons (Fsp3) is 0.750. The largest absolute Gasteiger partial charge is 0.393 e. The predicted molar refractivity (Wildman–Crippen MR) is 47.7 cm³/mol. The Kier molecular flexibility index (Phi) is 5.06. The van der Waals surface area contributed by atoms with Gasteiger partial charge >= 0.3 is 0 Å². The number of carbonyl (C=O) groups is 2. The standard InChI is InChI=1S/C8H16N2O3/c1-5(11)3-4-7(12)10-6(2)8(9)13/h5-6,11H,3-4H2,1-2H3,(H2,9,13)(H,10,12). The van der Waals surface area contributed by atoms with Crippen LogP contribution in [0.2, 0.25) is 0 Å². The maximum Gasteiger partial charge on any atom is 0.239 e. The van der Waals surface area contributed by atoms with Gasteiger partial charge in [0.1, 0.15) is 6.04 Å². The normalized spacial score (nSPS) is 14.7. The first kappa shape index (κ1) is 11.9. The average Bonchev–Trinajstić information content (AvgIpc) is 2.00. The van der Waals surface area contributed by atoms with Crippen LogP contribution in [0.15, 0.2) is 0 Å². The fourth-order valence-electron chi connectivity index (χ4n) is 0.725. The Hall–Kier alpha value is -1.10. The Bertz CT molecular complexity index is 192. The molecule has 2 amide bonds. The van der Waals surface area contributed by atoms with E-state index >= 15 is 0 Å². The van der Waals surface area contributed by atoms with Crippen molar-refractivity contribution in [3.63, 3.8) is 0 Å². The first-order valence-electron chi connectivity index (χ1n) is 4.20. The molecule has 76 valence electrons. The van der Waals surface area contributed by atoms with Gasteiger partial charge in [-0.25, -0.2) is 0 Å². The third kappa shape index (κ3) is 6.10. The Morgan fingerprint density at radius 2 is 2.00 bits per heavy atom. The lowest BCUT2D eigenvalue weighted by atomic mass is 10.2. The van der Waals surface area contributed by atoms with Crippen molar-refractivity contribution in [2.45, 2.75) is 38.8 Å². The lowest BCUT2D eigenvalue weighted by Crippen LogP contribution is -2.42. The smallest absolute Gasteiger partial charge is 0.239 e. The summed E-state index contributed by atoms with van der Waals surface area (Å²) >= 11 is 0. The van der Waals surface area contributed by atoms with E-state index in [0.29, 0.717) is 6.42 Å². The van der Waals surface area contributed by atoms with Crippen LogP contribution in [-0.4, -0.2) is 29.1 Å². The highest BCUT2D eigenvalue weighted by atomic mass is 16.3. The molecule has 0 aromatic heterocycles. The summed E-state index contributed by atoms with van der Waals surface area (Å²) in [6, 6.07) is -0.651. The summed E-state index contributed by atoms with van der Waals surface area (Å²) < 4.78 is 0. The number of hydrogen-bond acceptors (Lipinski definition) is 3. The van der Waals surface area contributed by atoms with Crippen LogP contribution < -0.4 is 11.1 Å². The third-order valence-corrected chi connectivity index (χ3v) is 1.59. The highest BCUT2D eigenvalue weighted by Crippen LogP contribution is 1.95. The van der Waals surface area contributed by atoms with Crippen molar-refractivity contribution in [2.24, 2.45) is 5.73 Å². The average molecular weight is 188 g/mol. The molecule has 0 aliphatic carbocycles. The van der Waals surface area contributed by atoms with E-state index in [1.54, 1.807) is 6.92 Å². The van der Waals surface area contributed by atoms with Gasteiger partial charge in [-0.3, -0.25) is 9.59 Å². The second-order valence-electron chi connectivity index (χ2n) is 3.08. The molecule has 0 heterocycles. The lowest BCUT2D eigenvalue weighted by molar-refractivity contribution is -0.127. The zero-order valence-corrected chi connectivity index (χ0v) is 7.91. The van der Waals surface area contributed by atoms with Crippen LogP contribution in [0.4, 0.5) is 0 Å². The number of hydrogen-bond donors (Lipinski definition) is 3. The number of aliphatic hydroxyl groups excluding tert-OH is 1. The van der Waals surface area contributed by atoms with Gasteiger partial charge in [-0.1, -0.05) is 0 Å². The van der Waals surface area contributed by atoms with E-state index in [-0.39, 0.29) is 12.3 Å². The Morgan fingerprint density at radius 3 is 2.38 bits per heavy atom. The molecule has 0 spiro atoms. The molecule has 4 N–H and O–H groups in total. The second-order valence-corrected chi connectivity index (χ2v) is 3.08. The Morgan fingerprint density at radius 1 is 1.46 bits per heavy atom. The zero-order chi connectivity index (χ0) is 10.4. The van der Waals surface area contributed by atoms with E-state index in [9.17, 15) is 9.59 Å². The van der Waals surface area contributed by atoms with Crippen molar-refractivity contribution >= 4 is 11.8 Å². The minimum Gasteiger partial charge on any atom is -0.393 e. The quantitative estimate of drug-likeness (QED) is 0.524. The van der Waals surface area contributed by atoms with E-state index in [1.165, 1.54) is 6.92 Å². The van der Waals surface area contributed by atoms with Crippen LogP contribution in [0.3, 0.4) is 0 Å². The maximum atomic E-state index is 11.0. The monoisotopic (exact) mass is 188 g/mol. The zero-order valence-electron chi connectivity index (χ0n) is 7.91. The van der Waals surface area contributed by atoms with Gasteiger partial charge in [0.25, 0.3) is 0 Å². The fourth-order valence-corrected chi connectivity index (χ4v) is 0.725. The summed E-state index contributed by atoms with van der Waals surface area (Å²) in [6.07, 6.45) is 0.0849. The number of aliphatic hydroxyl groups is 1. The number of amides is 2. The Labute approximate surface area is 77.3 Å². The van der Waals surface area contributed by atoms with Crippen LogP contribution in [0, 0.1) is 0 Å². The van der Waals surface area contributed by atoms with Crippen molar-refractivity contribution in [1.29, 1.82) is 0 Å². The van der Waals surface area contributed by atoms with Crippen molar-refractivity contribution in [2.75, 3.05) is 0 Å². The van der Waals surface area contributed by atoms with Gasteiger partial charge < -0.3 is 16.2 Å². The summed E-state index contributed by atoms with van der Waals surface area (Å²) in [7, 11) is 0. The van der Waals surface area contributed by atoms with Crippen LogP contribution in [0.25, 0.3) is 0 Å². The molecule has 5 nitrogen and oxygen atoms in total. The number of rotatable bonds is 5. The molecule has 0 fully saturated rings. The van der Waals surface area contributed by atoms with Gasteiger partial charge in [-0.2, -0.15) is 0 Å². The van der Waals surface area contributed by atoms with Gasteiger partial charge in [-0.05, 0) is 20.3 Å². The third-order valence-electron chi connectivity index (χ3n) is 1.59. The van der Waals surface area contributed by atoms with Gasteiger partial charge in [0.05, 0.1) is 6.10 Å². The molecule has 0 saturated heterocycles. The van der Waals surface area contributed by atoms with Gasteiger partial charge in [-0.15, -0.1) is 0 Å². The van der Waals surface area contributed by atoms with Gasteiger partial charge in [0.2, 0.25) is 11.8 Å². The summed E-state index contributed by atoms with van der Waals surface area (Å²) in [5.41, 5.74) is 4.94. The highest BCUT2D eigenvalue weighted by molar-refractivity contribution is 5.86. The molecule has 0 aromatic rings. The topological polar surface area (TPSA) is 92.4 Å². The second kappa shape index (κ2) is 5.53. The molecule has 0 aliphatic heterocycles. The molecule has 5 heteroatoms. The van der Waals surface area contributed by atoms with Crippen LogP contribution in [0.5, 0.6) is 0 Å². The van der Waals surface area contributed by atoms with Crippen molar-refractivity contribution in [3.8, 4) is 0 Å². The molecule has 0 bridgehead atoms. The first-order valence-corrected chi connectivity index (χ1v) is 4.20. The molecule has 0 radical (unpaired) electrons. The molecule has 0 aromatic carbocycles. The highest BCUT2D eigenvalue weighted by Gasteiger charge is 2.11. The molecule has 2 unspecified atom stereocenters. The summed E-state index contributed by atoms with van der Waals surface area (Å²) in [5.74, 6) is -0.836. The lowest BCUT2D eigenvalue weighted by Gasteiger charge is -2.10. The molecule has 0 saturated carbocycles. The summed E-state index contributed by atoms with van der Waals surface area (Å²) in [5, 5.41) is 11.3. The molecule has 13 heavy (non-hydrogen) atoms. The molecule has 0 rings (SSSR count). The maximum absolute atomic E-state index is 11.0.